The lowest BCUT2D eigenvalue weighted by molar-refractivity contribution is 0.0511. The van der Waals surface area contributed by atoms with E-state index < -0.39 is 15.8 Å². The molecule has 4 rings (SSSR count). The smallest absolute Gasteiger partial charge is 0.255 e. The normalized spacial score (nSPS) is 19.7. The summed E-state index contributed by atoms with van der Waals surface area (Å²) in [6.45, 7) is 3.22. The summed E-state index contributed by atoms with van der Waals surface area (Å²) in [5.41, 5.74) is 0.930. The largest absolute Gasteiger partial charge is 0.465 e. The van der Waals surface area contributed by atoms with Crippen molar-refractivity contribution in [1.82, 2.24) is 9.21 Å². The second-order valence-corrected chi connectivity index (χ2v) is 11.6. The van der Waals surface area contributed by atoms with Crippen LogP contribution in [0.4, 0.5) is 10.1 Å². The van der Waals surface area contributed by atoms with E-state index in [0.29, 0.717) is 37.5 Å². The number of likely N-dealkylation sites (tertiary alicyclic amines) is 1. The number of anilines is 1. The molecule has 196 valence electrons. The van der Waals surface area contributed by atoms with E-state index >= 15 is 0 Å². The molecule has 1 amide bonds. The SMILES string of the molecule is CCCN(C)S(=O)(=O)c1ccc(OCOC)c(N2[C@@H]3CC[C@H]2CN(C(=O)c2ccc(F)cc2Cl)C3)c1. The van der Waals surface area contributed by atoms with Crippen LogP contribution in [-0.2, 0) is 14.8 Å². The molecule has 2 heterocycles. The Labute approximate surface area is 216 Å². The molecule has 0 N–H and O–H groups in total. The van der Waals surface area contributed by atoms with Gasteiger partial charge in [-0.15, -0.1) is 0 Å². The van der Waals surface area contributed by atoms with E-state index in [1.54, 1.807) is 30.1 Å². The molecular formula is C25H31ClFN3O5S. The fraction of sp³-hybridized carbons (Fsp3) is 0.480. The number of benzene rings is 2. The number of methoxy groups -OCH3 is 1. The summed E-state index contributed by atoms with van der Waals surface area (Å²) in [5, 5.41) is 0.0825. The molecule has 2 aromatic carbocycles. The Hall–Kier alpha value is -2.40. The number of hydrogen-bond donors (Lipinski definition) is 0. The van der Waals surface area contributed by atoms with Crippen molar-refractivity contribution >= 4 is 33.2 Å². The number of fused-ring (bicyclic) bond motifs is 2. The summed E-state index contributed by atoms with van der Waals surface area (Å²) in [5.74, 6) is -0.221. The van der Waals surface area contributed by atoms with Gasteiger partial charge in [0.25, 0.3) is 5.91 Å². The van der Waals surface area contributed by atoms with E-state index in [-0.39, 0.29) is 40.3 Å². The van der Waals surface area contributed by atoms with Crippen molar-refractivity contribution in [2.24, 2.45) is 0 Å². The fourth-order valence-electron chi connectivity index (χ4n) is 5.01. The molecule has 8 nitrogen and oxygen atoms in total. The van der Waals surface area contributed by atoms with Crippen molar-refractivity contribution in [3.8, 4) is 5.75 Å². The highest BCUT2D eigenvalue weighted by atomic mass is 35.5. The number of nitrogens with zero attached hydrogens (tertiary/aromatic N) is 3. The molecule has 0 unspecified atom stereocenters. The van der Waals surface area contributed by atoms with Gasteiger partial charge in [0.1, 0.15) is 11.6 Å². The average Bonchev–Trinajstić information content (AvgIpc) is 3.10. The van der Waals surface area contributed by atoms with Crippen molar-refractivity contribution in [2.75, 3.05) is 45.5 Å². The zero-order valence-electron chi connectivity index (χ0n) is 20.6. The van der Waals surface area contributed by atoms with E-state index in [9.17, 15) is 17.6 Å². The van der Waals surface area contributed by atoms with Gasteiger partial charge >= 0.3 is 0 Å². The fourth-order valence-corrected chi connectivity index (χ4v) is 6.55. The molecule has 36 heavy (non-hydrogen) atoms. The van der Waals surface area contributed by atoms with Crippen LogP contribution in [0.25, 0.3) is 0 Å². The predicted octanol–water partition coefficient (Wildman–Crippen LogP) is 3.99. The number of piperazine rings is 1. The molecule has 2 aliphatic heterocycles. The number of halogens is 2. The predicted molar refractivity (Wildman–Crippen MR) is 136 cm³/mol. The van der Waals surface area contributed by atoms with Crippen LogP contribution in [0.15, 0.2) is 41.3 Å². The number of ether oxygens (including phenoxy) is 2. The van der Waals surface area contributed by atoms with Gasteiger partial charge in [0.05, 0.1) is 21.2 Å². The Morgan fingerprint density at radius 1 is 1.17 bits per heavy atom. The Bertz CT molecular complexity index is 1210. The quantitative estimate of drug-likeness (QED) is 0.448. The van der Waals surface area contributed by atoms with Crippen LogP contribution < -0.4 is 9.64 Å². The van der Waals surface area contributed by atoms with Gasteiger partial charge in [-0.2, -0.15) is 0 Å². The lowest BCUT2D eigenvalue weighted by atomic mass is 10.1. The highest BCUT2D eigenvalue weighted by molar-refractivity contribution is 7.89. The minimum Gasteiger partial charge on any atom is -0.465 e. The van der Waals surface area contributed by atoms with Gasteiger partial charge in [0.15, 0.2) is 6.79 Å². The molecule has 2 saturated heterocycles. The maximum absolute atomic E-state index is 13.5. The van der Waals surface area contributed by atoms with E-state index in [4.69, 9.17) is 21.1 Å². The molecule has 0 aliphatic carbocycles. The maximum atomic E-state index is 13.5. The summed E-state index contributed by atoms with van der Waals surface area (Å²) in [6, 6.07) is 8.57. The number of amides is 1. The van der Waals surface area contributed by atoms with Crippen LogP contribution >= 0.6 is 11.6 Å². The van der Waals surface area contributed by atoms with Crippen LogP contribution in [0.1, 0.15) is 36.5 Å². The van der Waals surface area contributed by atoms with Crippen molar-refractivity contribution in [2.45, 2.75) is 43.2 Å². The first-order chi connectivity index (χ1) is 17.2. The first-order valence-corrected chi connectivity index (χ1v) is 13.7. The third-order valence-electron chi connectivity index (χ3n) is 6.72. The number of rotatable bonds is 9. The van der Waals surface area contributed by atoms with Crippen molar-refractivity contribution in [3.05, 3.63) is 52.8 Å². The van der Waals surface area contributed by atoms with Crippen LogP contribution in [0.2, 0.25) is 5.02 Å². The monoisotopic (exact) mass is 539 g/mol. The minimum atomic E-state index is -3.67. The number of sulfonamides is 1. The average molecular weight is 540 g/mol. The zero-order chi connectivity index (χ0) is 26.0. The molecular weight excluding hydrogens is 509 g/mol. The maximum Gasteiger partial charge on any atom is 0.255 e. The summed E-state index contributed by atoms with van der Waals surface area (Å²) < 4.78 is 52.0. The zero-order valence-corrected chi connectivity index (χ0v) is 22.2. The molecule has 2 aliphatic rings. The number of carbonyl (C=O) groups excluding carboxylic acids is 1. The molecule has 2 aromatic rings. The van der Waals surface area contributed by atoms with Crippen LogP contribution in [0.3, 0.4) is 0 Å². The topological polar surface area (TPSA) is 79.4 Å². The summed E-state index contributed by atoms with van der Waals surface area (Å²) in [6.07, 6.45) is 2.37. The summed E-state index contributed by atoms with van der Waals surface area (Å²) in [4.78, 5) is 17.3. The van der Waals surface area contributed by atoms with Gasteiger partial charge in [0.2, 0.25) is 10.0 Å². The van der Waals surface area contributed by atoms with Gasteiger partial charge in [-0.25, -0.2) is 17.1 Å². The van der Waals surface area contributed by atoms with Crippen LogP contribution in [-0.4, -0.2) is 76.2 Å². The highest BCUT2D eigenvalue weighted by Gasteiger charge is 2.43. The van der Waals surface area contributed by atoms with Gasteiger partial charge in [-0.1, -0.05) is 18.5 Å². The number of carbonyl (C=O) groups is 1. The Kier molecular flexibility index (Phi) is 8.09. The molecule has 0 spiro atoms. The van der Waals surface area contributed by atoms with Crippen molar-refractivity contribution < 1.29 is 27.1 Å². The molecule has 0 radical (unpaired) electrons. The first-order valence-electron chi connectivity index (χ1n) is 11.9. The van der Waals surface area contributed by atoms with E-state index in [1.165, 1.54) is 23.5 Å². The van der Waals surface area contributed by atoms with E-state index in [1.807, 2.05) is 6.92 Å². The third kappa shape index (κ3) is 5.18. The van der Waals surface area contributed by atoms with Gasteiger partial charge in [0, 0.05) is 45.9 Å². The second kappa shape index (κ2) is 10.9. The van der Waals surface area contributed by atoms with Gasteiger partial charge in [-0.3, -0.25) is 4.79 Å². The van der Waals surface area contributed by atoms with Gasteiger partial charge in [-0.05, 0) is 55.7 Å². The second-order valence-electron chi connectivity index (χ2n) is 9.13. The molecule has 2 bridgehead atoms. The molecule has 11 heteroatoms. The van der Waals surface area contributed by atoms with E-state index in [0.717, 1.165) is 18.9 Å². The minimum absolute atomic E-state index is 0.0195. The molecule has 0 saturated carbocycles. The number of hydrogen-bond acceptors (Lipinski definition) is 6. The van der Waals surface area contributed by atoms with Gasteiger partial charge < -0.3 is 19.3 Å². The molecule has 0 aromatic heterocycles. The Morgan fingerprint density at radius 3 is 2.47 bits per heavy atom. The lowest BCUT2D eigenvalue weighted by Crippen LogP contribution is -2.55. The van der Waals surface area contributed by atoms with E-state index in [2.05, 4.69) is 4.90 Å². The van der Waals surface area contributed by atoms with Crippen LogP contribution in [0.5, 0.6) is 5.75 Å². The third-order valence-corrected chi connectivity index (χ3v) is 8.88. The molecule has 2 atom stereocenters. The first kappa shape index (κ1) is 26.7. The highest BCUT2D eigenvalue weighted by Crippen LogP contribution is 2.41. The Morgan fingerprint density at radius 2 is 1.86 bits per heavy atom. The standard InChI is InChI=1S/C25H31ClFN3O5S/c1-4-11-28(2)36(32,33)20-8-10-24(35-16-34-3)23(13-20)30-18-6-7-19(30)15-29(14-18)25(31)21-9-5-17(27)12-22(21)26/h5,8-10,12-13,18-19H,4,6-7,11,14-16H2,1-3H3/t18-,19+. The lowest BCUT2D eigenvalue weighted by Gasteiger charge is -2.43. The van der Waals surface area contributed by atoms with Crippen molar-refractivity contribution in [3.63, 3.8) is 0 Å². The summed E-state index contributed by atoms with van der Waals surface area (Å²) in [7, 11) is -0.580. The summed E-state index contributed by atoms with van der Waals surface area (Å²) >= 11 is 6.15. The van der Waals surface area contributed by atoms with Crippen molar-refractivity contribution in [1.29, 1.82) is 0 Å². The Balaban J connectivity index is 1.64. The van der Waals surface area contributed by atoms with Crippen LogP contribution in [0, 0.1) is 5.82 Å². The molecule has 2 fully saturated rings.